The first-order valence-corrected chi connectivity index (χ1v) is 8.00. The zero-order valence-corrected chi connectivity index (χ0v) is 12.6. The van der Waals surface area contributed by atoms with Gasteiger partial charge in [0.15, 0.2) is 0 Å². The maximum atomic E-state index is 12.5. The van der Waals surface area contributed by atoms with E-state index in [0.717, 1.165) is 15.6 Å². The Morgan fingerprint density at radius 2 is 1.85 bits per heavy atom. The first kappa shape index (κ1) is 14.5. The maximum Gasteiger partial charge on any atom is 0.350 e. The number of thiophene rings is 1. The van der Waals surface area contributed by atoms with E-state index in [2.05, 4.69) is 4.74 Å². The van der Waals surface area contributed by atoms with Gasteiger partial charge in [0.25, 0.3) is 10.0 Å². The molecule has 0 N–H and O–H groups in total. The normalized spacial score (nSPS) is 11.1. The monoisotopic (exact) mass is 311 g/mol. The lowest BCUT2D eigenvalue weighted by Gasteiger charge is -2.19. The van der Waals surface area contributed by atoms with Gasteiger partial charge in [0.2, 0.25) is 0 Å². The second kappa shape index (κ2) is 5.64. The van der Waals surface area contributed by atoms with E-state index in [1.54, 1.807) is 29.6 Å². The van der Waals surface area contributed by atoms with Crippen LogP contribution >= 0.6 is 11.3 Å². The summed E-state index contributed by atoms with van der Waals surface area (Å²) in [5.41, 5.74) is 0.311. The summed E-state index contributed by atoms with van der Waals surface area (Å²) in [6.45, 7) is 0. The van der Waals surface area contributed by atoms with E-state index in [9.17, 15) is 13.2 Å². The molecule has 0 saturated carbocycles. The van der Waals surface area contributed by atoms with Gasteiger partial charge >= 0.3 is 5.97 Å². The number of hydrogen-bond donors (Lipinski definition) is 0. The number of anilines is 1. The van der Waals surface area contributed by atoms with Crippen LogP contribution in [0, 0.1) is 0 Å². The van der Waals surface area contributed by atoms with Gasteiger partial charge in [-0.15, -0.1) is 11.3 Å². The van der Waals surface area contributed by atoms with Crippen molar-refractivity contribution in [1.29, 1.82) is 0 Å². The Hall–Kier alpha value is -1.86. The summed E-state index contributed by atoms with van der Waals surface area (Å²) < 4.78 is 30.7. The molecule has 1 aromatic heterocycles. The molecule has 1 aromatic carbocycles. The highest BCUT2D eigenvalue weighted by Gasteiger charge is 2.26. The maximum absolute atomic E-state index is 12.5. The minimum absolute atomic E-state index is 0.171. The third-order valence-corrected chi connectivity index (χ3v) is 5.43. The van der Waals surface area contributed by atoms with Crippen molar-refractivity contribution in [1.82, 2.24) is 0 Å². The minimum Gasteiger partial charge on any atom is -0.465 e. The van der Waals surface area contributed by atoms with E-state index >= 15 is 0 Å². The van der Waals surface area contributed by atoms with E-state index in [4.69, 9.17) is 0 Å². The summed E-state index contributed by atoms with van der Waals surface area (Å²) >= 11 is 1.14. The van der Waals surface area contributed by atoms with Crippen molar-refractivity contribution in [3.05, 3.63) is 46.7 Å². The quantitative estimate of drug-likeness (QED) is 0.813. The van der Waals surface area contributed by atoms with Crippen molar-refractivity contribution < 1.29 is 17.9 Å². The van der Waals surface area contributed by atoms with Gasteiger partial charge in [-0.2, -0.15) is 0 Å². The molecule has 0 atom stereocenters. The van der Waals surface area contributed by atoms with Crippen molar-refractivity contribution in [3.8, 4) is 0 Å². The third kappa shape index (κ3) is 2.54. The fourth-order valence-corrected chi connectivity index (χ4v) is 3.80. The molecule has 0 fully saturated rings. The van der Waals surface area contributed by atoms with Crippen LogP contribution in [0.2, 0.25) is 0 Å². The molecule has 0 amide bonds. The van der Waals surface area contributed by atoms with E-state index in [1.165, 1.54) is 26.3 Å². The fourth-order valence-electron chi connectivity index (χ4n) is 1.68. The standard InChI is InChI=1S/C13H13NO4S2/c1-14(11-8-9-19-12(11)13(15)18-2)20(16,17)10-6-4-3-5-7-10/h3-9H,1-2H3. The molecule has 0 spiro atoms. The summed E-state index contributed by atoms with van der Waals surface area (Å²) in [5, 5.41) is 1.65. The summed E-state index contributed by atoms with van der Waals surface area (Å²) in [4.78, 5) is 12.1. The van der Waals surface area contributed by atoms with Crippen LogP contribution in [-0.4, -0.2) is 28.5 Å². The summed E-state index contributed by atoms with van der Waals surface area (Å²) in [6, 6.07) is 9.64. The van der Waals surface area contributed by atoms with Crippen LogP contribution in [0.5, 0.6) is 0 Å². The van der Waals surface area contributed by atoms with Gasteiger partial charge in [0.1, 0.15) is 4.88 Å². The van der Waals surface area contributed by atoms with Gasteiger partial charge in [-0.3, -0.25) is 4.31 Å². The third-order valence-electron chi connectivity index (χ3n) is 2.76. The number of nitrogens with zero attached hydrogens (tertiary/aromatic N) is 1. The number of benzene rings is 1. The molecule has 0 aliphatic heterocycles. The zero-order chi connectivity index (χ0) is 14.8. The summed E-state index contributed by atoms with van der Waals surface area (Å²) in [6.07, 6.45) is 0. The van der Waals surface area contributed by atoms with Gasteiger partial charge in [-0.25, -0.2) is 13.2 Å². The van der Waals surface area contributed by atoms with Crippen molar-refractivity contribution >= 4 is 33.0 Å². The number of carbonyl (C=O) groups excluding carboxylic acids is 1. The highest BCUT2D eigenvalue weighted by Crippen LogP contribution is 2.30. The molecule has 5 nitrogen and oxygen atoms in total. The Bertz CT molecular complexity index is 707. The number of carbonyl (C=O) groups is 1. The number of methoxy groups -OCH3 is 1. The van der Waals surface area contributed by atoms with Crippen LogP contribution in [0.4, 0.5) is 5.69 Å². The molecule has 2 rings (SSSR count). The van der Waals surface area contributed by atoms with Crippen molar-refractivity contribution in [2.45, 2.75) is 4.90 Å². The summed E-state index contributed by atoms with van der Waals surface area (Å²) in [7, 11) is -1.02. The molecule has 0 unspecified atom stereocenters. The predicted molar refractivity (Wildman–Crippen MR) is 77.7 cm³/mol. The van der Waals surface area contributed by atoms with Gasteiger partial charge in [0.05, 0.1) is 17.7 Å². The largest absolute Gasteiger partial charge is 0.465 e. The first-order valence-electron chi connectivity index (χ1n) is 5.68. The average Bonchev–Trinajstić information content (AvgIpc) is 2.95. The SMILES string of the molecule is COC(=O)c1sccc1N(C)S(=O)(=O)c1ccccc1. The van der Waals surface area contributed by atoms with Crippen molar-refractivity contribution in [3.63, 3.8) is 0 Å². The van der Waals surface area contributed by atoms with Gasteiger partial charge in [-0.1, -0.05) is 18.2 Å². The highest BCUT2D eigenvalue weighted by molar-refractivity contribution is 7.92. The smallest absolute Gasteiger partial charge is 0.350 e. The number of ether oxygens (including phenoxy) is 1. The molecular formula is C13H13NO4S2. The van der Waals surface area contributed by atoms with Crippen LogP contribution in [0.25, 0.3) is 0 Å². The lowest BCUT2D eigenvalue weighted by Crippen LogP contribution is -2.27. The van der Waals surface area contributed by atoms with Crippen LogP contribution in [0.15, 0.2) is 46.7 Å². The molecule has 0 saturated heterocycles. The lowest BCUT2D eigenvalue weighted by atomic mass is 10.4. The van der Waals surface area contributed by atoms with Gasteiger partial charge in [0, 0.05) is 7.05 Å². The van der Waals surface area contributed by atoms with E-state index in [1.807, 2.05) is 0 Å². The number of esters is 1. The highest BCUT2D eigenvalue weighted by atomic mass is 32.2. The Morgan fingerprint density at radius 1 is 1.20 bits per heavy atom. The minimum atomic E-state index is -3.69. The van der Waals surface area contributed by atoms with Crippen molar-refractivity contribution in [2.24, 2.45) is 0 Å². The Balaban J connectivity index is 2.44. The average molecular weight is 311 g/mol. The van der Waals surface area contributed by atoms with Crippen LogP contribution < -0.4 is 4.31 Å². The van der Waals surface area contributed by atoms with E-state index < -0.39 is 16.0 Å². The molecule has 2 aromatic rings. The topological polar surface area (TPSA) is 63.7 Å². The summed E-state index contributed by atoms with van der Waals surface area (Å²) in [5.74, 6) is -0.551. The Kier molecular flexibility index (Phi) is 4.10. The van der Waals surface area contributed by atoms with E-state index in [0.29, 0.717) is 5.69 Å². The molecule has 0 bridgehead atoms. The van der Waals surface area contributed by atoms with Crippen LogP contribution in [0.1, 0.15) is 9.67 Å². The van der Waals surface area contributed by atoms with Crippen LogP contribution in [-0.2, 0) is 14.8 Å². The number of sulfonamides is 1. The van der Waals surface area contributed by atoms with Crippen LogP contribution in [0.3, 0.4) is 0 Å². The van der Waals surface area contributed by atoms with Crippen molar-refractivity contribution in [2.75, 3.05) is 18.5 Å². The predicted octanol–water partition coefficient (Wildman–Crippen LogP) is 2.36. The van der Waals surface area contributed by atoms with E-state index in [-0.39, 0.29) is 9.77 Å². The number of hydrogen-bond acceptors (Lipinski definition) is 5. The van der Waals surface area contributed by atoms with Gasteiger partial charge < -0.3 is 4.74 Å². The molecule has 7 heteroatoms. The zero-order valence-electron chi connectivity index (χ0n) is 10.9. The molecule has 20 heavy (non-hydrogen) atoms. The lowest BCUT2D eigenvalue weighted by molar-refractivity contribution is 0.0607. The number of rotatable bonds is 4. The second-order valence-corrected chi connectivity index (χ2v) is 6.80. The molecule has 0 aliphatic carbocycles. The molecule has 0 aliphatic rings. The molecule has 106 valence electrons. The molecule has 0 radical (unpaired) electrons. The molecule has 1 heterocycles. The Morgan fingerprint density at radius 3 is 2.45 bits per heavy atom. The van der Waals surface area contributed by atoms with Gasteiger partial charge in [-0.05, 0) is 23.6 Å². The fraction of sp³-hybridized carbons (Fsp3) is 0.154. The second-order valence-electron chi connectivity index (χ2n) is 3.91. The molecular weight excluding hydrogens is 298 g/mol. The Labute approximate surface area is 121 Å². The first-order chi connectivity index (χ1) is 9.48.